The third-order valence-electron chi connectivity index (χ3n) is 5.87. The van der Waals surface area contributed by atoms with Gasteiger partial charge in [0.05, 0.1) is 6.04 Å². The number of aromatic nitrogens is 1. The number of fused-ring (bicyclic) bond motifs is 1. The van der Waals surface area contributed by atoms with E-state index < -0.39 is 0 Å². The standard InChI is InChI=1S/C26H30N4O2/c1-2-15-29(26(32)27-19-21-10-5-3-6-11-21)20-24(31)30-18-17-28-16-9-14-23(28)25(30)22-12-7-4-8-13-22/h3-14,16,25H,2,15,17-20H2,1H3,(H,27,32). The highest BCUT2D eigenvalue weighted by atomic mass is 16.2. The first-order valence-corrected chi connectivity index (χ1v) is 11.2. The molecular formula is C26H30N4O2. The molecule has 6 nitrogen and oxygen atoms in total. The Labute approximate surface area is 189 Å². The molecule has 4 rings (SSSR count). The van der Waals surface area contributed by atoms with Crippen LogP contribution in [0.25, 0.3) is 0 Å². The van der Waals surface area contributed by atoms with Crippen molar-refractivity contribution in [1.82, 2.24) is 19.7 Å². The van der Waals surface area contributed by atoms with Gasteiger partial charge >= 0.3 is 6.03 Å². The van der Waals surface area contributed by atoms with Crippen LogP contribution in [0.1, 0.15) is 36.2 Å². The van der Waals surface area contributed by atoms with E-state index in [2.05, 4.69) is 34.3 Å². The summed E-state index contributed by atoms with van der Waals surface area (Å²) in [5, 5.41) is 2.96. The van der Waals surface area contributed by atoms with E-state index in [1.54, 1.807) is 4.90 Å². The van der Waals surface area contributed by atoms with Gasteiger partial charge in [-0.3, -0.25) is 4.79 Å². The van der Waals surface area contributed by atoms with E-state index in [9.17, 15) is 9.59 Å². The third kappa shape index (κ3) is 4.85. The quantitative estimate of drug-likeness (QED) is 0.615. The summed E-state index contributed by atoms with van der Waals surface area (Å²) in [6.45, 7) is 4.43. The smallest absolute Gasteiger partial charge is 0.318 e. The van der Waals surface area contributed by atoms with Crippen molar-refractivity contribution >= 4 is 11.9 Å². The van der Waals surface area contributed by atoms with Crippen molar-refractivity contribution < 1.29 is 9.59 Å². The van der Waals surface area contributed by atoms with Crippen molar-refractivity contribution in [3.05, 3.63) is 95.8 Å². The van der Waals surface area contributed by atoms with Crippen molar-refractivity contribution in [2.45, 2.75) is 32.5 Å². The number of carbonyl (C=O) groups excluding carboxylic acids is 2. The number of carbonyl (C=O) groups is 2. The third-order valence-corrected chi connectivity index (χ3v) is 5.87. The first-order chi connectivity index (χ1) is 15.7. The van der Waals surface area contributed by atoms with Crippen LogP contribution in [0.5, 0.6) is 0 Å². The molecule has 0 saturated carbocycles. The molecule has 32 heavy (non-hydrogen) atoms. The van der Waals surface area contributed by atoms with Gasteiger partial charge in [-0.1, -0.05) is 67.6 Å². The zero-order chi connectivity index (χ0) is 22.3. The molecule has 0 spiro atoms. The minimum atomic E-state index is -0.208. The Morgan fingerprint density at radius 2 is 1.69 bits per heavy atom. The molecule has 3 amide bonds. The van der Waals surface area contributed by atoms with Crippen LogP contribution < -0.4 is 5.32 Å². The molecule has 1 aliphatic rings. The highest BCUT2D eigenvalue weighted by Crippen LogP contribution is 2.32. The molecule has 2 aromatic carbocycles. The molecule has 0 fully saturated rings. The van der Waals surface area contributed by atoms with E-state index in [4.69, 9.17) is 0 Å². The van der Waals surface area contributed by atoms with Crippen molar-refractivity contribution in [3.63, 3.8) is 0 Å². The van der Waals surface area contributed by atoms with Crippen molar-refractivity contribution in [2.75, 3.05) is 19.6 Å². The number of nitrogens with one attached hydrogen (secondary N) is 1. The molecule has 1 aromatic heterocycles. The first-order valence-electron chi connectivity index (χ1n) is 11.2. The SMILES string of the molecule is CCCN(CC(=O)N1CCn2cccc2C1c1ccccc1)C(=O)NCc1ccccc1. The average molecular weight is 431 g/mol. The molecule has 3 aromatic rings. The van der Waals surface area contributed by atoms with E-state index in [0.29, 0.717) is 19.6 Å². The zero-order valence-corrected chi connectivity index (χ0v) is 18.5. The average Bonchev–Trinajstić information content (AvgIpc) is 3.31. The van der Waals surface area contributed by atoms with Gasteiger partial charge in [-0.2, -0.15) is 0 Å². The zero-order valence-electron chi connectivity index (χ0n) is 18.5. The Balaban J connectivity index is 1.49. The summed E-state index contributed by atoms with van der Waals surface area (Å²) >= 11 is 0. The topological polar surface area (TPSA) is 57.6 Å². The molecule has 6 heteroatoms. The first kappa shape index (κ1) is 21.7. The minimum Gasteiger partial charge on any atom is -0.348 e. The molecule has 1 atom stereocenters. The molecule has 1 N–H and O–H groups in total. The summed E-state index contributed by atoms with van der Waals surface area (Å²) in [5.74, 6) is -0.0328. The molecule has 2 heterocycles. The van der Waals surface area contributed by atoms with E-state index in [1.165, 1.54) is 0 Å². The van der Waals surface area contributed by atoms with Crippen molar-refractivity contribution in [1.29, 1.82) is 0 Å². The lowest BCUT2D eigenvalue weighted by Gasteiger charge is -2.38. The van der Waals surface area contributed by atoms with Gasteiger partial charge in [0.1, 0.15) is 6.54 Å². The van der Waals surface area contributed by atoms with E-state index >= 15 is 0 Å². The lowest BCUT2D eigenvalue weighted by Crippen LogP contribution is -2.50. The highest BCUT2D eigenvalue weighted by molar-refractivity contribution is 5.84. The molecular weight excluding hydrogens is 400 g/mol. The van der Waals surface area contributed by atoms with Crippen LogP contribution in [-0.4, -0.2) is 45.9 Å². The van der Waals surface area contributed by atoms with E-state index in [0.717, 1.165) is 29.8 Å². The maximum Gasteiger partial charge on any atom is 0.318 e. The molecule has 0 bridgehead atoms. The summed E-state index contributed by atoms with van der Waals surface area (Å²) in [5.41, 5.74) is 3.21. The number of urea groups is 1. The number of nitrogens with zero attached hydrogens (tertiary/aromatic N) is 3. The second-order valence-electron chi connectivity index (χ2n) is 8.09. The van der Waals surface area contributed by atoms with Crippen LogP contribution in [0.4, 0.5) is 4.79 Å². The summed E-state index contributed by atoms with van der Waals surface area (Å²) < 4.78 is 2.21. The number of rotatable bonds is 7. The monoisotopic (exact) mass is 430 g/mol. The van der Waals surface area contributed by atoms with Gasteiger partial charge in [0, 0.05) is 38.1 Å². The Bertz CT molecular complexity index is 1030. The Morgan fingerprint density at radius 3 is 2.41 bits per heavy atom. The summed E-state index contributed by atoms with van der Waals surface area (Å²) in [6.07, 6.45) is 2.85. The molecule has 1 unspecified atom stereocenters. The van der Waals surface area contributed by atoms with Crippen LogP contribution in [0, 0.1) is 0 Å². The van der Waals surface area contributed by atoms with Crippen molar-refractivity contribution in [2.24, 2.45) is 0 Å². The van der Waals surface area contributed by atoms with Crippen LogP contribution in [-0.2, 0) is 17.9 Å². The molecule has 166 valence electrons. The molecule has 1 aliphatic heterocycles. The molecule has 0 aliphatic carbocycles. The van der Waals surface area contributed by atoms with Gasteiger partial charge in [0.2, 0.25) is 5.91 Å². The minimum absolute atomic E-state index is 0.0328. The molecule has 0 radical (unpaired) electrons. The number of benzene rings is 2. The fourth-order valence-electron chi connectivity index (χ4n) is 4.30. The van der Waals surface area contributed by atoms with Gasteiger partial charge in [0.15, 0.2) is 0 Å². The number of amides is 3. The van der Waals surface area contributed by atoms with Gasteiger partial charge in [-0.25, -0.2) is 4.79 Å². The molecule has 0 saturated heterocycles. The Hall–Kier alpha value is -3.54. The van der Waals surface area contributed by atoms with Crippen molar-refractivity contribution in [3.8, 4) is 0 Å². The van der Waals surface area contributed by atoms with E-state index in [-0.39, 0.29) is 24.5 Å². The van der Waals surface area contributed by atoms with Crippen LogP contribution in [0.15, 0.2) is 79.0 Å². The van der Waals surface area contributed by atoms with Crippen LogP contribution in [0.3, 0.4) is 0 Å². The largest absolute Gasteiger partial charge is 0.348 e. The lowest BCUT2D eigenvalue weighted by atomic mass is 10.00. The lowest BCUT2D eigenvalue weighted by molar-refractivity contribution is -0.134. The summed E-state index contributed by atoms with van der Waals surface area (Å²) in [4.78, 5) is 29.9. The fourth-order valence-corrected chi connectivity index (χ4v) is 4.30. The highest BCUT2D eigenvalue weighted by Gasteiger charge is 2.33. The number of hydrogen-bond acceptors (Lipinski definition) is 2. The summed E-state index contributed by atoms with van der Waals surface area (Å²) in [7, 11) is 0. The second kappa shape index (κ2) is 10.2. The van der Waals surface area contributed by atoms with Gasteiger partial charge in [-0.15, -0.1) is 0 Å². The second-order valence-corrected chi connectivity index (χ2v) is 8.09. The summed E-state index contributed by atoms with van der Waals surface area (Å²) in [6, 6.07) is 23.6. The predicted molar refractivity (Wildman–Crippen MR) is 125 cm³/mol. The van der Waals surface area contributed by atoms with Crippen LogP contribution in [0.2, 0.25) is 0 Å². The normalized spacial score (nSPS) is 15.2. The van der Waals surface area contributed by atoms with Gasteiger partial charge < -0.3 is 19.7 Å². The Morgan fingerprint density at radius 1 is 0.969 bits per heavy atom. The number of hydrogen-bond donors (Lipinski definition) is 1. The van der Waals surface area contributed by atoms with Crippen LogP contribution >= 0.6 is 0 Å². The van der Waals surface area contributed by atoms with Gasteiger partial charge in [-0.05, 0) is 29.7 Å². The van der Waals surface area contributed by atoms with Gasteiger partial charge in [0.25, 0.3) is 0 Å². The maximum absolute atomic E-state index is 13.5. The fraction of sp³-hybridized carbons (Fsp3) is 0.308. The van der Waals surface area contributed by atoms with E-state index in [1.807, 2.05) is 66.4 Å². The Kier molecular flexibility index (Phi) is 6.90. The maximum atomic E-state index is 13.5. The predicted octanol–water partition coefficient (Wildman–Crippen LogP) is 4.04.